The van der Waals surface area contributed by atoms with Crippen LogP contribution in [0.15, 0.2) is 24.5 Å². The van der Waals surface area contributed by atoms with E-state index in [1.54, 1.807) is 17.5 Å². The van der Waals surface area contributed by atoms with E-state index in [9.17, 15) is 4.79 Å². The summed E-state index contributed by atoms with van der Waals surface area (Å²) in [5.41, 5.74) is 5.82. The van der Waals surface area contributed by atoms with E-state index < -0.39 is 0 Å². The van der Waals surface area contributed by atoms with Gasteiger partial charge in [0, 0.05) is 11.1 Å². The number of aromatic amines is 1. The first kappa shape index (κ1) is 12.4. The number of nitrogens with one attached hydrogen (secondary N) is 2. The van der Waals surface area contributed by atoms with Crippen LogP contribution in [0.4, 0.5) is 0 Å². The summed E-state index contributed by atoms with van der Waals surface area (Å²) in [5, 5.41) is 9.13. The van der Waals surface area contributed by atoms with Crippen LogP contribution in [-0.4, -0.2) is 22.6 Å². The van der Waals surface area contributed by atoms with Crippen LogP contribution in [0.5, 0.6) is 0 Å². The van der Waals surface area contributed by atoms with Crippen LogP contribution < -0.4 is 11.1 Å². The van der Waals surface area contributed by atoms with Gasteiger partial charge in [-0.1, -0.05) is 11.8 Å². The van der Waals surface area contributed by atoms with Gasteiger partial charge in [0.05, 0.1) is 29.7 Å². The molecule has 0 spiro atoms. The van der Waals surface area contributed by atoms with Crippen molar-refractivity contribution in [2.45, 2.75) is 6.54 Å². The van der Waals surface area contributed by atoms with Crippen molar-refractivity contribution >= 4 is 17.2 Å². The number of aromatic nitrogens is 2. The molecule has 0 saturated carbocycles. The number of nitrogens with two attached hydrogens (primary N) is 1. The number of carbonyl (C=O) groups is 1. The minimum atomic E-state index is -0.147. The molecule has 92 valence electrons. The molecule has 2 aromatic rings. The maximum atomic E-state index is 11.6. The standard InChI is InChI=1S/C12H12N4OS/c13-5-1-2-10-3-4-11(18-10)8-14-12(17)9-6-15-16-7-9/h3-4,6-7H,5,8,13H2,(H,14,17)(H,15,16). The first-order valence-corrected chi connectivity index (χ1v) is 6.16. The molecule has 0 atom stereocenters. The van der Waals surface area contributed by atoms with E-state index in [-0.39, 0.29) is 5.91 Å². The second-order valence-corrected chi connectivity index (χ2v) is 4.61. The van der Waals surface area contributed by atoms with Crippen LogP contribution in [0.2, 0.25) is 0 Å². The highest BCUT2D eigenvalue weighted by Crippen LogP contribution is 2.15. The number of nitrogens with zero attached hydrogens (tertiary/aromatic N) is 1. The van der Waals surface area contributed by atoms with Gasteiger partial charge in [-0.25, -0.2) is 0 Å². The van der Waals surface area contributed by atoms with Gasteiger partial charge < -0.3 is 11.1 Å². The van der Waals surface area contributed by atoms with E-state index in [4.69, 9.17) is 5.73 Å². The van der Waals surface area contributed by atoms with Crippen molar-refractivity contribution in [1.29, 1.82) is 0 Å². The summed E-state index contributed by atoms with van der Waals surface area (Å²) in [6.45, 7) is 0.837. The molecule has 4 N–H and O–H groups in total. The van der Waals surface area contributed by atoms with Crippen LogP contribution in [0.1, 0.15) is 20.1 Å². The molecule has 0 fully saturated rings. The van der Waals surface area contributed by atoms with Crippen molar-refractivity contribution in [3.05, 3.63) is 39.8 Å². The molecule has 0 aliphatic rings. The molecule has 1 amide bonds. The summed E-state index contributed by atoms with van der Waals surface area (Å²) in [7, 11) is 0. The first-order chi connectivity index (χ1) is 8.79. The molecule has 0 radical (unpaired) electrons. The lowest BCUT2D eigenvalue weighted by Gasteiger charge is -2.00. The summed E-state index contributed by atoms with van der Waals surface area (Å²) in [5.74, 6) is 5.60. The van der Waals surface area contributed by atoms with Gasteiger partial charge in [-0.2, -0.15) is 5.10 Å². The number of hydrogen-bond acceptors (Lipinski definition) is 4. The second-order valence-electron chi connectivity index (χ2n) is 3.44. The molecule has 2 rings (SSSR count). The molecule has 5 nitrogen and oxygen atoms in total. The maximum absolute atomic E-state index is 11.6. The third-order valence-corrected chi connectivity index (χ3v) is 3.16. The molecular formula is C12H12N4OS. The predicted octanol–water partition coefficient (Wildman–Crippen LogP) is 0.711. The molecule has 0 unspecified atom stereocenters. The Morgan fingerprint density at radius 2 is 2.44 bits per heavy atom. The highest BCUT2D eigenvalue weighted by molar-refractivity contribution is 7.12. The number of rotatable bonds is 3. The van der Waals surface area contributed by atoms with E-state index in [1.165, 1.54) is 6.20 Å². The molecule has 2 aromatic heterocycles. The van der Waals surface area contributed by atoms with Crippen molar-refractivity contribution in [3.8, 4) is 11.8 Å². The van der Waals surface area contributed by atoms with Gasteiger partial charge in [-0.3, -0.25) is 9.89 Å². The largest absolute Gasteiger partial charge is 0.347 e. The van der Waals surface area contributed by atoms with Crippen molar-refractivity contribution in [2.75, 3.05) is 6.54 Å². The van der Waals surface area contributed by atoms with Gasteiger partial charge in [-0.05, 0) is 12.1 Å². The number of carbonyl (C=O) groups excluding carboxylic acids is 1. The lowest BCUT2D eigenvalue weighted by atomic mass is 10.3. The molecule has 0 aliphatic heterocycles. The smallest absolute Gasteiger partial charge is 0.254 e. The fourth-order valence-corrected chi connectivity index (χ4v) is 2.14. The topological polar surface area (TPSA) is 83.8 Å². The molecule has 0 saturated heterocycles. The summed E-state index contributed by atoms with van der Waals surface area (Å²) >= 11 is 1.54. The van der Waals surface area contributed by atoms with Gasteiger partial charge >= 0.3 is 0 Å². The van der Waals surface area contributed by atoms with E-state index in [1.807, 2.05) is 12.1 Å². The number of H-pyrrole nitrogens is 1. The van der Waals surface area contributed by atoms with Gasteiger partial charge in [0.25, 0.3) is 5.91 Å². The highest BCUT2D eigenvalue weighted by Gasteiger charge is 2.06. The Morgan fingerprint density at radius 1 is 1.56 bits per heavy atom. The van der Waals surface area contributed by atoms with Gasteiger partial charge in [0.1, 0.15) is 0 Å². The van der Waals surface area contributed by atoms with Crippen molar-refractivity contribution in [3.63, 3.8) is 0 Å². The van der Waals surface area contributed by atoms with E-state index >= 15 is 0 Å². The normalized spacial score (nSPS) is 9.61. The zero-order chi connectivity index (χ0) is 12.8. The average molecular weight is 260 g/mol. The van der Waals surface area contributed by atoms with Crippen LogP contribution in [0, 0.1) is 11.8 Å². The monoisotopic (exact) mass is 260 g/mol. The van der Waals surface area contributed by atoms with Gasteiger partial charge in [0.2, 0.25) is 0 Å². The van der Waals surface area contributed by atoms with Crippen molar-refractivity contribution in [2.24, 2.45) is 5.73 Å². The summed E-state index contributed by atoms with van der Waals surface area (Å²) in [4.78, 5) is 13.6. The van der Waals surface area contributed by atoms with Crippen LogP contribution in [0.3, 0.4) is 0 Å². The lowest BCUT2D eigenvalue weighted by molar-refractivity contribution is 0.0951. The van der Waals surface area contributed by atoms with Crippen LogP contribution >= 0.6 is 11.3 Å². The SMILES string of the molecule is NCC#Cc1ccc(CNC(=O)c2cn[nH]c2)s1. The lowest BCUT2D eigenvalue weighted by Crippen LogP contribution is -2.21. The molecule has 2 heterocycles. The molecule has 0 aliphatic carbocycles. The van der Waals surface area contributed by atoms with Crippen molar-refractivity contribution < 1.29 is 4.79 Å². The number of hydrogen-bond donors (Lipinski definition) is 3. The van der Waals surface area contributed by atoms with Crippen molar-refractivity contribution in [1.82, 2.24) is 15.5 Å². The summed E-state index contributed by atoms with van der Waals surface area (Å²) in [6, 6.07) is 3.87. The van der Waals surface area contributed by atoms with Gasteiger partial charge in [-0.15, -0.1) is 11.3 Å². The van der Waals surface area contributed by atoms with Crippen LogP contribution in [0.25, 0.3) is 0 Å². The van der Waals surface area contributed by atoms with Crippen LogP contribution in [-0.2, 0) is 6.54 Å². The highest BCUT2D eigenvalue weighted by atomic mass is 32.1. The Morgan fingerprint density at radius 3 is 3.17 bits per heavy atom. The minimum absolute atomic E-state index is 0.147. The zero-order valence-corrected chi connectivity index (χ0v) is 10.4. The number of amides is 1. The molecule has 0 bridgehead atoms. The maximum Gasteiger partial charge on any atom is 0.254 e. The molecule has 0 aromatic carbocycles. The quantitative estimate of drug-likeness (QED) is 0.711. The third-order valence-electron chi connectivity index (χ3n) is 2.16. The molecule has 18 heavy (non-hydrogen) atoms. The summed E-state index contributed by atoms with van der Waals surface area (Å²) < 4.78 is 0. The van der Waals surface area contributed by atoms with E-state index in [0.29, 0.717) is 18.7 Å². The third kappa shape index (κ3) is 3.20. The Balaban J connectivity index is 1.90. The average Bonchev–Trinajstić information content (AvgIpc) is 3.04. The predicted molar refractivity (Wildman–Crippen MR) is 70.0 cm³/mol. The van der Waals surface area contributed by atoms with Gasteiger partial charge in [0.15, 0.2) is 0 Å². The Bertz CT molecular complexity index is 577. The number of thiophene rings is 1. The molecular weight excluding hydrogens is 248 g/mol. The Labute approximate surface area is 108 Å². The van der Waals surface area contributed by atoms with E-state index in [0.717, 1.165) is 9.75 Å². The Hall–Kier alpha value is -2.10. The zero-order valence-electron chi connectivity index (χ0n) is 9.56. The molecule has 6 heteroatoms. The summed E-state index contributed by atoms with van der Waals surface area (Å²) in [6.07, 6.45) is 3.05. The Kier molecular flexibility index (Phi) is 4.12. The fourth-order valence-electron chi connectivity index (χ4n) is 1.32. The second kappa shape index (κ2) is 6.00. The minimum Gasteiger partial charge on any atom is -0.347 e. The fraction of sp³-hybridized carbons (Fsp3) is 0.167. The first-order valence-electron chi connectivity index (χ1n) is 5.34. The van der Waals surface area contributed by atoms with E-state index in [2.05, 4.69) is 27.4 Å².